The Bertz CT molecular complexity index is 563. The minimum absolute atomic E-state index is 0.374. The summed E-state index contributed by atoms with van der Waals surface area (Å²) in [5.74, 6) is 0.416. The molecule has 1 aromatic heterocycles. The van der Waals surface area contributed by atoms with Crippen molar-refractivity contribution >= 4 is 21.6 Å². The van der Waals surface area contributed by atoms with Crippen LogP contribution in [-0.2, 0) is 13.5 Å². The number of nitrogens with two attached hydrogens (primary N) is 1. The molecular formula is C12H13BrFN3O. The van der Waals surface area contributed by atoms with Crippen LogP contribution in [0.2, 0.25) is 0 Å². The lowest BCUT2D eigenvalue weighted by Crippen LogP contribution is -1.97. The normalized spacial score (nSPS) is 10.7. The van der Waals surface area contributed by atoms with Gasteiger partial charge in [0, 0.05) is 17.6 Å². The predicted molar refractivity (Wildman–Crippen MR) is 71.2 cm³/mol. The van der Waals surface area contributed by atoms with Gasteiger partial charge in [0.15, 0.2) is 0 Å². The maximum Gasteiger partial charge on any atom is 0.241 e. The fourth-order valence-electron chi connectivity index (χ4n) is 1.66. The minimum Gasteiger partial charge on any atom is -0.437 e. The molecule has 0 atom stereocenters. The highest BCUT2D eigenvalue weighted by molar-refractivity contribution is 9.10. The van der Waals surface area contributed by atoms with E-state index in [0.29, 0.717) is 21.8 Å². The second-order valence-corrected chi connectivity index (χ2v) is 4.77. The maximum absolute atomic E-state index is 13.2. The largest absolute Gasteiger partial charge is 0.437 e. The highest BCUT2D eigenvalue weighted by Gasteiger charge is 2.14. The van der Waals surface area contributed by atoms with Crippen molar-refractivity contribution < 1.29 is 9.13 Å². The van der Waals surface area contributed by atoms with Crippen molar-refractivity contribution in [1.29, 1.82) is 0 Å². The standard InChI is InChI=1S/C12H13BrFN3O/c1-3-10-11(15)12(17(2)16-10)18-9-5-7(13)4-8(14)6-9/h4-6H,3,15H2,1-2H3. The van der Waals surface area contributed by atoms with Crippen LogP contribution in [0.25, 0.3) is 0 Å². The Kier molecular flexibility index (Phi) is 3.56. The van der Waals surface area contributed by atoms with Crippen molar-refractivity contribution in [3.63, 3.8) is 0 Å². The summed E-state index contributed by atoms with van der Waals surface area (Å²) < 4.78 is 21.0. The first-order valence-corrected chi connectivity index (χ1v) is 6.26. The van der Waals surface area contributed by atoms with E-state index in [0.717, 1.165) is 12.1 Å². The van der Waals surface area contributed by atoms with Crippen molar-refractivity contribution in [2.24, 2.45) is 7.05 Å². The molecule has 0 amide bonds. The first kappa shape index (κ1) is 12.9. The first-order chi connectivity index (χ1) is 8.51. The summed E-state index contributed by atoms with van der Waals surface area (Å²) in [4.78, 5) is 0. The van der Waals surface area contributed by atoms with Gasteiger partial charge in [-0.25, -0.2) is 9.07 Å². The van der Waals surface area contributed by atoms with Gasteiger partial charge in [0.1, 0.15) is 17.3 Å². The SMILES string of the molecule is CCc1nn(C)c(Oc2cc(F)cc(Br)c2)c1N. The Labute approximate surface area is 113 Å². The average Bonchev–Trinajstić information content (AvgIpc) is 2.55. The van der Waals surface area contributed by atoms with Gasteiger partial charge in [0.25, 0.3) is 0 Å². The van der Waals surface area contributed by atoms with Crippen LogP contribution in [0.15, 0.2) is 22.7 Å². The zero-order valence-electron chi connectivity index (χ0n) is 10.1. The lowest BCUT2D eigenvalue weighted by Gasteiger charge is -2.07. The van der Waals surface area contributed by atoms with Crippen LogP contribution in [0.4, 0.5) is 10.1 Å². The lowest BCUT2D eigenvalue weighted by atomic mass is 10.3. The molecule has 4 nitrogen and oxygen atoms in total. The van der Waals surface area contributed by atoms with Gasteiger partial charge < -0.3 is 10.5 Å². The molecule has 0 saturated heterocycles. The number of rotatable bonds is 3. The highest BCUT2D eigenvalue weighted by atomic mass is 79.9. The van der Waals surface area contributed by atoms with E-state index in [1.54, 1.807) is 17.8 Å². The van der Waals surface area contributed by atoms with E-state index >= 15 is 0 Å². The van der Waals surface area contributed by atoms with Crippen molar-refractivity contribution in [2.75, 3.05) is 5.73 Å². The van der Waals surface area contributed by atoms with Crippen LogP contribution >= 0.6 is 15.9 Å². The summed E-state index contributed by atoms with van der Waals surface area (Å²) in [6.45, 7) is 1.96. The summed E-state index contributed by atoms with van der Waals surface area (Å²) in [7, 11) is 1.74. The zero-order chi connectivity index (χ0) is 13.3. The van der Waals surface area contributed by atoms with E-state index in [1.165, 1.54) is 12.1 Å². The molecule has 0 aliphatic carbocycles. The van der Waals surface area contributed by atoms with Crippen LogP contribution in [0, 0.1) is 5.82 Å². The van der Waals surface area contributed by atoms with Crippen LogP contribution in [0.1, 0.15) is 12.6 Å². The summed E-state index contributed by atoms with van der Waals surface area (Å²) >= 11 is 3.21. The zero-order valence-corrected chi connectivity index (χ0v) is 11.7. The second-order valence-electron chi connectivity index (χ2n) is 3.85. The van der Waals surface area contributed by atoms with Gasteiger partial charge in [-0.2, -0.15) is 5.10 Å². The summed E-state index contributed by atoms with van der Waals surface area (Å²) in [5.41, 5.74) is 7.18. The van der Waals surface area contributed by atoms with Gasteiger partial charge in [-0.1, -0.05) is 22.9 Å². The van der Waals surface area contributed by atoms with Crippen molar-refractivity contribution in [1.82, 2.24) is 9.78 Å². The van der Waals surface area contributed by atoms with Gasteiger partial charge in [-0.15, -0.1) is 0 Å². The number of nitrogens with zero attached hydrogens (tertiary/aromatic N) is 2. The number of benzene rings is 1. The molecule has 0 aliphatic heterocycles. The van der Waals surface area contributed by atoms with Crippen molar-refractivity contribution in [2.45, 2.75) is 13.3 Å². The Morgan fingerprint density at radius 1 is 1.44 bits per heavy atom. The number of nitrogen functional groups attached to an aromatic ring is 1. The third kappa shape index (κ3) is 2.48. The van der Waals surface area contributed by atoms with Crippen molar-refractivity contribution in [3.8, 4) is 11.6 Å². The monoisotopic (exact) mass is 313 g/mol. The molecule has 0 radical (unpaired) electrons. The van der Waals surface area contributed by atoms with E-state index in [4.69, 9.17) is 10.5 Å². The van der Waals surface area contributed by atoms with Gasteiger partial charge in [0.2, 0.25) is 5.88 Å². The molecule has 1 aromatic carbocycles. The topological polar surface area (TPSA) is 53.1 Å². The molecule has 96 valence electrons. The quantitative estimate of drug-likeness (QED) is 0.946. The van der Waals surface area contributed by atoms with Crippen LogP contribution < -0.4 is 10.5 Å². The average molecular weight is 314 g/mol. The third-order valence-corrected chi connectivity index (χ3v) is 2.95. The molecule has 18 heavy (non-hydrogen) atoms. The second kappa shape index (κ2) is 4.97. The molecule has 0 unspecified atom stereocenters. The number of ether oxygens (including phenoxy) is 1. The predicted octanol–water partition coefficient (Wildman–Crippen LogP) is 3.26. The Morgan fingerprint density at radius 3 is 2.72 bits per heavy atom. The molecular weight excluding hydrogens is 301 g/mol. The van der Waals surface area contributed by atoms with Gasteiger partial charge in [0.05, 0.1) is 5.69 Å². The summed E-state index contributed by atoms with van der Waals surface area (Å²) in [6, 6.07) is 4.32. The molecule has 6 heteroatoms. The van der Waals surface area contributed by atoms with E-state index in [9.17, 15) is 4.39 Å². The van der Waals surface area contributed by atoms with Gasteiger partial charge in [-0.05, 0) is 18.6 Å². The minimum atomic E-state index is -0.379. The molecule has 0 saturated carbocycles. The van der Waals surface area contributed by atoms with E-state index in [2.05, 4.69) is 21.0 Å². The van der Waals surface area contributed by atoms with E-state index in [1.807, 2.05) is 6.92 Å². The number of halogens is 2. The molecule has 0 aliphatic rings. The van der Waals surface area contributed by atoms with Gasteiger partial charge in [-0.3, -0.25) is 0 Å². The summed E-state index contributed by atoms with van der Waals surface area (Å²) in [5, 5.41) is 4.23. The number of hydrogen-bond donors (Lipinski definition) is 1. The third-order valence-electron chi connectivity index (χ3n) is 2.49. The molecule has 0 fully saturated rings. The van der Waals surface area contributed by atoms with Crippen LogP contribution in [0.3, 0.4) is 0 Å². The Balaban J connectivity index is 2.36. The Morgan fingerprint density at radius 2 is 2.17 bits per heavy atom. The van der Waals surface area contributed by atoms with Crippen molar-refractivity contribution in [3.05, 3.63) is 34.2 Å². The molecule has 1 heterocycles. The highest BCUT2D eigenvalue weighted by Crippen LogP contribution is 2.31. The molecule has 2 aromatic rings. The fourth-order valence-corrected chi connectivity index (χ4v) is 2.10. The smallest absolute Gasteiger partial charge is 0.241 e. The van der Waals surface area contributed by atoms with Gasteiger partial charge >= 0.3 is 0 Å². The number of aryl methyl sites for hydroxylation is 2. The summed E-state index contributed by atoms with van der Waals surface area (Å²) in [6.07, 6.45) is 0.718. The van der Waals surface area contributed by atoms with Crippen LogP contribution in [-0.4, -0.2) is 9.78 Å². The molecule has 0 bridgehead atoms. The number of hydrogen-bond acceptors (Lipinski definition) is 3. The number of aromatic nitrogens is 2. The van der Waals surface area contributed by atoms with Crippen LogP contribution in [0.5, 0.6) is 11.6 Å². The van der Waals surface area contributed by atoms with E-state index in [-0.39, 0.29) is 5.82 Å². The Hall–Kier alpha value is -1.56. The molecule has 0 spiro atoms. The fraction of sp³-hybridized carbons (Fsp3) is 0.250. The van der Waals surface area contributed by atoms with E-state index < -0.39 is 0 Å². The molecule has 2 rings (SSSR count). The first-order valence-electron chi connectivity index (χ1n) is 5.46. The lowest BCUT2D eigenvalue weighted by molar-refractivity contribution is 0.429. The number of anilines is 1. The maximum atomic E-state index is 13.2. The molecule has 2 N–H and O–H groups in total.